The minimum atomic E-state index is -0.919. The van der Waals surface area contributed by atoms with Gasteiger partial charge in [0.1, 0.15) is 18.1 Å². The zero-order valence-corrected chi connectivity index (χ0v) is 20.2. The van der Waals surface area contributed by atoms with Crippen molar-refractivity contribution in [3.63, 3.8) is 0 Å². The molecule has 0 aliphatic carbocycles. The first kappa shape index (κ1) is 24.2. The van der Waals surface area contributed by atoms with Crippen LogP contribution in [0.2, 0.25) is 0 Å². The monoisotopic (exact) mass is 491 g/mol. The Bertz CT molecular complexity index is 1320. The third-order valence-electron chi connectivity index (χ3n) is 5.45. The first-order valence-corrected chi connectivity index (χ1v) is 11.9. The molecular weight excluding hydrogens is 466 g/mol. The molecule has 180 valence electrons. The maximum absolute atomic E-state index is 13.8. The average Bonchev–Trinajstić information content (AvgIpc) is 3.53. The Balaban J connectivity index is 1.74. The van der Waals surface area contributed by atoms with Crippen LogP contribution in [0.1, 0.15) is 28.2 Å². The van der Waals surface area contributed by atoms with Crippen LogP contribution in [0.3, 0.4) is 0 Å². The number of hydrogen-bond donors (Lipinski definition) is 1. The lowest BCUT2D eigenvalue weighted by atomic mass is 10.1. The summed E-state index contributed by atoms with van der Waals surface area (Å²) in [5, 5.41) is 13.0. The van der Waals surface area contributed by atoms with E-state index in [1.54, 1.807) is 31.4 Å². The number of amides is 2. The molecule has 2 heterocycles. The number of nitrogens with zero attached hydrogens (tertiary/aromatic N) is 4. The van der Waals surface area contributed by atoms with Crippen molar-refractivity contribution in [1.82, 2.24) is 20.3 Å². The zero-order valence-electron chi connectivity index (χ0n) is 19.4. The molecule has 0 radical (unpaired) electrons. The van der Waals surface area contributed by atoms with Crippen LogP contribution in [0.25, 0.3) is 11.0 Å². The largest absolute Gasteiger partial charge is 0.383 e. The van der Waals surface area contributed by atoms with Crippen molar-refractivity contribution in [2.24, 2.45) is 0 Å². The van der Waals surface area contributed by atoms with Crippen LogP contribution in [0.4, 0.5) is 5.69 Å². The van der Waals surface area contributed by atoms with E-state index >= 15 is 0 Å². The van der Waals surface area contributed by atoms with Gasteiger partial charge in [0.25, 0.3) is 0 Å². The Kier molecular flexibility index (Phi) is 7.64. The number of thiophene rings is 1. The molecule has 0 bridgehead atoms. The summed E-state index contributed by atoms with van der Waals surface area (Å²) in [5.41, 5.74) is 2.39. The SMILES string of the molecule is COCCNC(=O)[C@@H](c1cccs1)N(C(=O)Cn1nnc2ccccc21)c1ccc(C(C)=O)cc1. The summed E-state index contributed by atoms with van der Waals surface area (Å²) in [7, 11) is 1.55. The lowest BCUT2D eigenvalue weighted by molar-refractivity contribution is -0.127. The lowest BCUT2D eigenvalue weighted by Gasteiger charge is -2.30. The second-order valence-corrected chi connectivity index (χ2v) is 8.78. The number of methoxy groups -OCH3 is 1. The molecule has 2 aromatic carbocycles. The number of rotatable bonds is 10. The summed E-state index contributed by atoms with van der Waals surface area (Å²) in [6.45, 7) is 2.00. The van der Waals surface area contributed by atoms with Gasteiger partial charge in [0.15, 0.2) is 5.78 Å². The summed E-state index contributed by atoms with van der Waals surface area (Å²) in [5.74, 6) is -0.774. The van der Waals surface area contributed by atoms with Gasteiger partial charge in [0.2, 0.25) is 11.8 Å². The number of aromatic nitrogens is 3. The highest BCUT2D eigenvalue weighted by Gasteiger charge is 2.34. The Morgan fingerprint density at radius 2 is 1.86 bits per heavy atom. The Hall–Kier alpha value is -3.89. The van der Waals surface area contributed by atoms with E-state index in [-0.39, 0.29) is 24.1 Å². The van der Waals surface area contributed by atoms with Crippen molar-refractivity contribution in [2.45, 2.75) is 19.5 Å². The van der Waals surface area contributed by atoms with E-state index in [1.807, 2.05) is 41.8 Å². The van der Waals surface area contributed by atoms with Crippen molar-refractivity contribution < 1.29 is 19.1 Å². The molecule has 1 atom stereocenters. The number of hydrogen-bond acceptors (Lipinski definition) is 7. The molecule has 0 spiro atoms. The van der Waals surface area contributed by atoms with Crippen molar-refractivity contribution in [3.05, 3.63) is 76.5 Å². The van der Waals surface area contributed by atoms with Crippen LogP contribution >= 0.6 is 11.3 Å². The number of fused-ring (bicyclic) bond motifs is 1. The van der Waals surface area contributed by atoms with Crippen LogP contribution < -0.4 is 10.2 Å². The zero-order chi connectivity index (χ0) is 24.8. The van der Waals surface area contributed by atoms with Gasteiger partial charge in [0, 0.05) is 29.8 Å². The predicted molar refractivity (Wildman–Crippen MR) is 133 cm³/mol. The number of ether oxygens (including phenoxy) is 1. The summed E-state index contributed by atoms with van der Waals surface area (Å²) < 4.78 is 6.58. The number of anilines is 1. The third-order valence-corrected chi connectivity index (χ3v) is 6.38. The van der Waals surface area contributed by atoms with E-state index in [0.29, 0.717) is 40.3 Å². The molecule has 0 unspecified atom stereocenters. The van der Waals surface area contributed by atoms with Gasteiger partial charge in [-0.05, 0) is 54.8 Å². The highest BCUT2D eigenvalue weighted by molar-refractivity contribution is 7.10. The number of ketones is 1. The van der Waals surface area contributed by atoms with Crippen LogP contribution in [0.5, 0.6) is 0 Å². The highest BCUT2D eigenvalue weighted by Crippen LogP contribution is 2.31. The van der Waals surface area contributed by atoms with Gasteiger partial charge in [-0.3, -0.25) is 19.3 Å². The van der Waals surface area contributed by atoms with Gasteiger partial charge in [-0.1, -0.05) is 23.4 Å². The molecule has 0 fully saturated rings. The molecule has 0 saturated carbocycles. The van der Waals surface area contributed by atoms with E-state index in [1.165, 1.54) is 27.8 Å². The van der Waals surface area contributed by atoms with Gasteiger partial charge in [-0.15, -0.1) is 16.4 Å². The molecule has 0 saturated heterocycles. The van der Waals surface area contributed by atoms with Crippen molar-refractivity contribution in [2.75, 3.05) is 25.2 Å². The molecule has 4 rings (SSSR count). The fourth-order valence-electron chi connectivity index (χ4n) is 3.73. The smallest absolute Gasteiger partial charge is 0.249 e. The van der Waals surface area contributed by atoms with Crippen molar-refractivity contribution in [1.29, 1.82) is 0 Å². The van der Waals surface area contributed by atoms with E-state index in [4.69, 9.17) is 4.74 Å². The minimum absolute atomic E-state index is 0.0874. The second-order valence-electron chi connectivity index (χ2n) is 7.80. The molecule has 35 heavy (non-hydrogen) atoms. The van der Waals surface area contributed by atoms with E-state index < -0.39 is 6.04 Å². The minimum Gasteiger partial charge on any atom is -0.383 e. The second kappa shape index (κ2) is 11.0. The fraction of sp³-hybridized carbons (Fsp3) is 0.240. The standard InChI is InChI=1S/C25H25N5O4S/c1-17(31)18-9-11-19(12-10-18)30(23(32)16-29-21-7-4-3-6-20(21)27-28-29)24(22-8-5-15-35-22)25(33)26-13-14-34-2/h3-12,15,24H,13-14,16H2,1-2H3,(H,26,33)/t24-/m1/s1. The number of nitrogens with one attached hydrogen (secondary N) is 1. The van der Waals surface area contributed by atoms with Gasteiger partial charge in [-0.25, -0.2) is 4.68 Å². The van der Waals surface area contributed by atoms with Crippen molar-refractivity contribution in [3.8, 4) is 0 Å². The van der Waals surface area contributed by atoms with Crippen molar-refractivity contribution >= 4 is 45.7 Å². The van der Waals surface area contributed by atoms with E-state index in [0.717, 1.165) is 0 Å². The fourth-order valence-corrected chi connectivity index (χ4v) is 4.54. The van der Waals surface area contributed by atoms with Crippen LogP contribution in [-0.2, 0) is 20.9 Å². The molecular formula is C25H25N5O4S. The topological polar surface area (TPSA) is 106 Å². The Morgan fingerprint density at radius 3 is 2.54 bits per heavy atom. The predicted octanol–water partition coefficient (Wildman–Crippen LogP) is 3.23. The van der Waals surface area contributed by atoms with E-state index in [9.17, 15) is 14.4 Å². The normalized spacial score (nSPS) is 11.8. The first-order valence-electron chi connectivity index (χ1n) is 11.0. The highest BCUT2D eigenvalue weighted by atomic mass is 32.1. The van der Waals surface area contributed by atoms with Gasteiger partial charge in [-0.2, -0.15) is 0 Å². The molecule has 10 heteroatoms. The van der Waals surface area contributed by atoms with Gasteiger partial charge < -0.3 is 10.1 Å². The quantitative estimate of drug-likeness (QED) is 0.270. The average molecular weight is 492 g/mol. The molecule has 1 N–H and O–H groups in total. The summed E-state index contributed by atoms with van der Waals surface area (Å²) >= 11 is 1.38. The molecule has 4 aromatic rings. The summed E-state index contributed by atoms with van der Waals surface area (Å²) in [6.07, 6.45) is 0. The van der Waals surface area contributed by atoms with Crippen LogP contribution in [0, 0.1) is 0 Å². The molecule has 2 amide bonds. The van der Waals surface area contributed by atoms with Gasteiger partial charge in [0.05, 0.1) is 12.1 Å². The number of carbonyl (C=O) groups is 3. The summed E-state index contributed by atoms with van der Waals surface area (Å²) in [6, 6.07) is 16.7. The lowest BCUT2D eigenvalue weighted by Crippen LogP contribution is -2.45. The van der Waals surface area contributed by atoms with E-state index in [2.05, 4.69) is 15.6 Å². The Labute approximate surface area is 206 Å². The third kappa shape index (κ3) is 5.44. The Morgan fingerprint density at radius 1 is 1.09 bits per heavy atom. The maximum atomic E-state index is 13.8. The van der Waals surface area contributed by atoms with Crippen LogP contribution in [-0.4, -0.2) is 52.9 Å². The molecule has 0 aliphatic rings. The summed E-state index contributed by atoms with van der Waals surface area (Å²) in [4.78, 5) is 41.2. The molecule has 2 aromatic heterocycles. The maximum Gasteiger partial charge on any atom is 0.249 e. The number of benzene rings is 2. The first-order chi connectivity index (χ1) is 17.0. The number of para-hydroxylation sites is 1. The molecule has 9 nitrogen and oxygen atoms in total. The molecule has 0 aliphatic heterocycles. The number of Topliss-reactive ketones (excluding diaryl/α,β-unsaturated/α-hetero) is 1. The van der Waals surface area contributed by atoms with Gasteiger partial charge >= 0.3 is 0 Å². The van der Waals surface area contributed by atoms with Crippen LogP contribution in [0.15, 0.2) is 66.0 Å². The number of carbonyl (C=O) groups excluding carboxylic acids is 3.